The Morgan fingerprint density at radius 2 is 2.06 bits per heavy atom. The van der Waals surface area contributed by atoms with Crippen molar-refractivity contribution in [2.24, 2.45) is 0 Å². The van der Waals surface area contributed by atoms with Crippen molar-refractivity contribution in [2.75, 3.05) is 17.7 Å². The Kier molecular flexibility index (Phi) is 2.95. The summed E-state index contributed by atoms with van der Waals surface area (Å²) in [6, 6.07) is 5.26. The zero-order valence-electron chi connectivity index (χ0n) is 9.15. The molecule has 0 saturated heterocycles. The smallest absolute Gasteiger partial charge is 0.167 e. The van der Waals surface area contributed by atoms with Crippen LogP contribution in [-0.2, 0) is 6.54 Å². The minimum atomic E-state index is -0.883. The van der Waals surface area contributed by atoms with Gasteiger partial charge in [0, 0.05) is 24.9 Å². The largest absolute Gasteiger partial charge is 0.381 e. The summed E-state index contributed by atoms with van der Waals surface area (Å²) >= 11 is 0. The number of benzene rings is 1. The Morgan fingerprint density at radius 1 is 1.29 bits per heavy atom. The number of nitrogens with two attached hydrogens (primary N) is 1. The highest BCUT2D eigenvalue weighted by Gasteiger charge is 2.09. The Morgan fingerprint density at radius 3 is 2.65 bits per heavy atom. The molecular formula is C11H11F2N3O. The summed E-state index contributed by atoms with van der Waals surface area (Å²) in [6.45, 7) is 0.370. The number of hydrogen-bond donors (Lipinski definition) is 1. The van der Waals surface area contributed by atoms with Crippen molar-refractivity contribution in [3.05, 3.63) is 41.7 Å². The lowest BCUT2D eigenvalue weighted by Gasteiger charge is -2.17. The predicted molar refractivity (Wildman–Crippen MR) is 59.4 cm³/mol. The van der Waals surface area contributed by atoms with E-state index in [1.165, 1.54) is 6.07 Å². The fraction of sp³-hybridized carbons (Fsp3) is 0.182. The van der Waals surface area contributed by atoms with Gasteiger partial charge in [-0.1, -0.05) is 5.16 Å². The van der Waals surface area contributed by atoms with Gasteiger partial charge >= 0.3 is 0 Å². The molecule has 0 spiro atoms. The highest BCUT2D eigenvalue weighted by Crippen LogP contribution is 2.19. The van der Waals surface area contributed by atoms with Crippen molar-refractivity contribution in [1.29, 1.82) is 0 Å². The number of halogens is 2. The van der Waals surface area contributed by atoms with Crippen molar-refractivity contribution in [2.45, 2.75) is 6.54 Å². The molecular weight excluding hydrogens is 228 g/mol. The molecule has 0 saturated carbocycles. The van der Waals surface area contributed by atoms with Crippen LogP contribution in [0, 0.1) is 11.6 Å². The van der Waals surface area contributed by atoms with Crippen LogP contribution in [0.15, 0.2) is 28.8 Å². The van der Waals surface area contributed by atoms with Crippen molar-refractivity contribution in [1.82, 2.24) is 5.16 Å². The van der Waals surface area contributed by atoms with Crippen LogP contribution < -0.4 is 10.6 Å². The summed E-state index contributed by atoms with van der Waals surface area (Å²) in [6.07, 6.45) is 0. The van der Waals surface area contributed by atoms with Crippen molar-refractivity contribution < 1.29 is 13.3 Å². The van der Waals surface area contributed by atoms with Crippen molar-refractivity contribution in [3.8, 4) is 0 Å². The van der Waals surface area contributed by atoms with E-state index in [0.717, 1.165) is 12.1 Å². The molecule has 0 atom stereocenters. The minimum absolute atomic E-state index is 0.290. The first-order valence-electron chi connectivity index (χ1n) is 4.93. The first-order chi connectivity index (χ1) is 8.06. The zero-order valence-corrected chi connectivity index (χ0v) is 9.15. The third-order valence-electron chi connectivity index (χ3n) is 2.31. The lowest BCUT2D eigenvalue weighted by Crippen LogP contribution is -2.16. The topological polar surface area (TPSA) is 55.3 Å². The molecule has 2 aromatic rings. The quantitative estimate of drug-likeness (QED) is 0.891. The number of hydrogen-bond acceptors (Lipinski definition) is 4. The minimum Gasteiger partial charge on any atom is -0.381 e. The number of anilines is 2. The van der Waals surface area contributed by atoms with Crippen LogP contribution in [0.4, 0.5) is 20.3 Å². The molecule has 4 nitrogen and oxygen atoms in total. The van der Waals surface area contributed by atoms with Crippen LogP contribution in [0.25, 0.3) is 0 Å². The molecule has 2 N–H and O–H groups in total. The summed E-state index contributed by atoms with van der Waals surface area (Å²) in [4.78, 5) is 1.70. The van der Waals surface area contributed by atoms with E-state index >= 15 is 0 Å². The summed E-state index contributed by atoms with van der Waals surface area (Å²) in [5, 5.41) is 3.54. The normalized spacial score (nSPS) is 10.5. The van der Waals surface area contributed by atoms with Crippen LogP contribution in [0.5, 0.6) is 0 Å². The monoisotopic (exact) mass is 239 g/mol. The van der Waals surface area contributed by atoms with E-state index in [9.17, 15) is 8.78 Å². The second-order valence-corrected chi connectivity index (χ2v) is 3.67. The molecule has 17 heavy (non-hydrogen) atoms. The van der Waals surface area contributed by atoms with Crippen molar-refractivity contribution >= 4 is 11.5 Å². The number of nitrogen functional groups attached to an aromatic ring is 1. The van der Waals surface area contributed by atoms with Gasteiger partial charge in [0.1, 0.15) is 0 Å². The zero-order chi connectivity index (χ0) is 12.4. The van der Waals surface area contributed by atoms with E-state index in [4.69, 9.17) is 10.3 Å². The van der Waals surface area contributed by atoms with E-state index in [1.807, 2.05) is 0 Å². The first-order valence-corrected chi connectivity index (χ1v) is 4.93. The molecule has 90 valence electrons. The maximum Gasteiger partial charge on any atom is 0.167 e. The molecule has 1 aromatic carbocycles. The molecule has 0 aliphatic heterocycles. The molecule has 0 bridgehead atoms. The Labute approximate surface area is 96.6 Å². The van der Waals surface area contributed by atoms with Gasteiger partial charge in [0.05, 0.1) is 6.54 Å². The number of rotatable bonds is 3. The third-order valence-corrected chi connectivity index (χ3v) is 2.31. The van der Waals surface area contributed by atoms with Crippen molar-refractivity contribution in [3.63, 3.8) is 0 Å². The molecule has 0 aliphatic rings. The predicted octanol–water partition coefficient (Wildman–Crippen LogP) is 2.17. The van der Waals surface area contributed by atoms with E-state index in [1.54, 1.807) is 18.0 Å². The molecule has 1 aromatic heterocycles. The molecule has 0 amide bonds. The molecule has 0 unspecified atom stereocenters. The van der Waals surface area contributed by atoms with Gasteiger partial charge in [-0.05, 0) is 12.1 Å². The Bertz CT molecular complexity index is 527. The fourth-order valence-corrected chi connectivity index (χ4v) is 1.45. The third kappa shape index (κ3) is 2.52. The second kappa shape index (κ2) is 4.40. The van der Waals surface area contributed by atoms with Gasteiger partial charge in [-0.15, -0.1) is 0 Å². The highest BCUT2D eigenvalue weighted by molar-refractivity contribution is 5.46. The lowest BCUT2D eigenvalue weighted by atomic mass is 10.2. The Hall–Kier alpha value is -2.11. The van der Waals surface area contributed by atoms with E-state index < -0.39 is 11.6 Å². The molecule has 2 rings (SSSR count). The maximum absolute atomic E-state index is 13.0. The summed E-state index contributed by atoms with van der Waals surface area (Å²) < 4.78 is 30.7. The second-order valence-electron chi connectivity index (χ2n) is 3.67. The molecule has 0 aliphatic carbocycles. The molecule has 0 radical (unpaired) electrons. The van der Waals surface area contributed by atoms with Gasteiger partial charge in [0.25, 0.3) is 0 Å². The van der Waals surface area contributed by atoms with Crippen LogP contribution in [0.3, 0.4) is 0 Å². The van der Waals surface area contributed by atoms with Gasteiger partial charge in [-0.2, -0.15) is 0 Å². The average Bonchev–Trinajstić information content (AvgIpc) is 2.68. The molecule has 6 heteroatoms. The SMILES string of the molecule is CN(Cc1cc(N)no1)c1ccc(F)c(F)c1. The van der Waals surface area contributed by atoms with Gasteiger partial charge < -0.3 is 15.2 Å². The van der Waals surface area contributed by atoms with Crippen LogP contribution in [0.1, 0.15) is 5.76 Å². The van der Waals surface area contributed by atoms with Gasteiger partial charge in [0.2, 0.25) is 0 Å². The average molecular weight is 239 g/mol. The van der Waals surface area contributed by atoms with Crippen LogP contribution in [0.2, 0.25) is 0 Å². The van der Waals surface area contributed by atoms with Crippen LogP contribution >= 0.6 is 0 Å². The molecule has 0 fully saturated rings. The highest BCUT2D eigenvalue weighted by atomic mass is 19.2. The van der Waals surface area contributed by atoms with Crippen LogP contribution in [-0.4, -0.2) is 12.2 Å². The number of aromatic nitrogens is 1. The summed E-state index contributed by atoms with van der Waals surface area (Å²) in [5.74, 6) is -0.911. The molecule has 1 heterocycles. The lowest BCUT2D eigenvalue weighted by molar-refractivity contribution is 0.385. The van der Waals surface area contributed by atoms with Gasteiger partial charge in [-0.3, -0.25) is 0 Å². The Balaban J connectivity index is 2.14. The first kappa shape index (κ1) is 11.4. The fourth-order valence-electron chi connectivity index (χ4n) is 1.45. The van der Waals surface area contributed by atoms with E-state index in [2.05, 4.69) is 5.16 Å². The standard InChI is InChI=1S/C11H11F2N3O/c1-16(6-8-5-11(14)15-17-8)7-2-3-9(12)10(13)4-7/h2-5H,6H2,1H3,(H2,14,15). The maximum atomic E-state index is 13.0. The van der Waals surface area contributed by atoms with E-state index in [0.29, 0.717) is 23.8 Å². The van der Waals surface area contributed by atoms with E-state index in [-0.39, 0.29) is 0 Å². The van der Waals surface area contributed by atoms with Gasteiger partial charge in [-0.25, -0.2) is 8.78 Å². The summed E-state index contributed by atoms with van der Waals surface area (Å²) in [5.41, 5.74) is 5.94. The van der Waals surface area contributed by atoms with Gasteiger partial charge in [0.15, 0.2) is 23.2 Å². The summed E-state index contributed by atoms with van der Waals surface area (Å²) in [7, 11) is 1.73. The number of nitrogens with zero attached hydrogens (tertiary/aromatic N) is 2.